The number of nitrogens with one attached hydrogen (secondary N) is 1. The number of carbonyl (C=O) groups excluding carboxylic acids is 1. The normalized spacial score (nSPS) is 43.8. The molecule has 0 aliphatic carbocycles. The van der Waals surface area contributed by atoms with Gasteiger partial charge in [0.05, 0.1) is 12.2 Å². The maximum absolute atomic E-state index is 12.7. The second-order valence-electron chi connectivity index (χ2n) is 6.66. The zero-order valence-electron chi connectivity index (χ0n) is 12.4. The molecule has 2 bridgehead atoms. The summed E-state index contributed by atoms with van der Waals surface area (Å²) in [7, 11) is 0. The number of nitrogens with zero attached hydrogens (tertiary/aromatic N) is 2. The van der Waals surface area contributed by atoms with Gasteiger partial charge in [-0.1, -0.05) is 20.3 Å². The summed E-state index contributed by atoms with van der Waals surface area (Å²) in [6, 6.07) is 0.488. The highest BCUT2D eigenvalue weighted by Gasteiger charge is 2.47. The van der Waals surface area contributed by atoms with E-state index in [9.17, 15) is 4.79 Å². The molecule has 0 saturated carbocycles. The fourth-order valence-electron chi connectivity index (χ4n) is 4.11. The van der Waals surface area contributed by atoms with E-state index in [0.717, 1.165) is 18.9 Å². The highest BCUT2D eigenvalue weighted by atomic mass is 16.2. The maximum Gasteiger partial charge on any atom is 0.241 e. The van der Waals surface area contributed by atoms with Gasteiger partial charge in [-0.3, -0.25) is 10.1 Å². The topological polar surface area (TPSA) is 35.6 Å². The molecule has 19 heavy (non-hydrogen) atoms. The van der Waals surface area contributed by atoms with Gasteiger partial charge in [0, 0.05) is 12.6 Å². The fourth-order valence-corrected chi connectivity index (χ4v) is 4.11. The molecule has 4 heterocycles. The molecule has 108 valence electrons. The second kappa shape index (κ2) is 5.06. The van der Waals surface area contributed by atoms with Gasteiger partial charge in [0.25, 0.3) is 0 Å². The Kier molecular flexibility index (Phi) is 3.56. The number of piperidine rings is 3. The third-order valence-electron chi connectivity index (χ3n) is 5.55. The summed E-state index contributed by atoms with van der Waals surface area (Å²) < 4.78 is 0. The molecular formula is C15H27N3O. The molecule has 4 rings (SSSR count). The Morgan fingerprint density at radius 3 is 2.58 bits per heavy atom. The minimum absolute atomic E-state index is 0.0375. The zero-order chi connectivity index (χ0) is 13.6. The lowest BCUT2D eigenvalue weighted by molar-refractivity contribution is -0.137. The lowest BCUT2D eigenvalue weighted by Crippen LogP contribution is -2.59. The monoisotopic (exact) mass is 265 g/mol. The van der Waals surface area contributed by atoms with Crippen molar-refractivity contribution in [2.24, 2.45) is 11.8 Å². The van der Waals surface area contributed by atoms with E-state index in [2.05, 4.69) is 35.9 Å². The number of carbonyl (C=O) groups is 1. The van der Waals surface area contributed by atoms with Crippen molar-refractivity contribution in [1.29, 1.82) is 0 Å². The van der Waals surface area contributed by atoms with Crippen molar-refractivity contribution in [2.45, 2.75) is 58.3 Å². The smallest absolute Gasteiger partial charge is 0.241 e. The van der Waals surface area contributed by atoms with Gasteiger partial charge in [-0.15, -0.1) is 0 Å². The molecule has 0 aromatic heterocycles. The summed E-state index contributed by atoms with van der Waals surface area (Å²) >= 11 is 0. The van der Waals surface area contributed by atoms with Crippen LogP contribution in [0, 0.1) is 11.8 Å². The highest BCUT2D eigenvalue weighted by molar-refractivity contribution is 5.85. The number of hydrogen-bond donors (Lipinski definition) is 1. The number of hydrogen-bond acceptors (Lipinski definition) is 3. The molecule has 0 spiro atoms. The molecule has 0 radical (unpaired) electrons. The molecule has 4 atom stereocenters. The van der Waals surface area contributed by atoms with E-state index in [4.69, 9.17) is 0 Å². The Morgan fingerprint density at radius 2 is 2.05 bits per heavy atom. The van der Waals surface area contributed by atoms with Crippen LogP contribution >= 0.6 is 0 Å². The summed E-state index contributed by atoms with van der Waals surface area (Å²) in [4.78, 5) is 17.4. The summed E-state index contributed by atoms with van der Waals surface area (Å²) in [5.74, 6) is 1.51. The van der Waals surface area contributed by atoms with Crippen LogP contribution in [0.3, 0.4) is 0 Å². The van der Waals surface area contributed by atoms with E-state index in [0.29, 0.717) is 17.9 Å². The van der Waals surface area contributed by atoms with Crippen LogP contribution in [0.25, 0.3) is 0 Å². The number of rotatable bonds is 3. The first-order valence-corrected chi connectivity index (χ1v) is 7.92. The molecule has 4 aliphatic heterocycles. The van der Waals surface area contributed by atoms with Gasteiger partial charge < -0.3 is 9.80 Å². The van der Waals surface area contributed by atoms with Gasteiger partial charge in [-0.25, -0.2) is 0 Å². The quantitative estimate of drug-likeness (QED) is 0.835. The lowest BCUT2D eigenvalue weighted by Gasteiger charge is -2.49. The predicted molar refractivity (Wildman–Crippen MR) is 75.6 cm³/mol. The van der Waals surface area contributed by atoms with Crippen molar-refractivity contribution in [2.75, 3.05) is 19.6 Å². The number of fused-ring (bicyclic) bond motifs is 3. The SMILES string of the molecule is CCC(C)C1NC(C)N(C2CN3CCC2CC3)C1=O. The van der Waals surface area contributed by atoms with Crippen LogP contribution in [0.4, 0.5) is 0 Å². The van der Waals surface area contributed by atoms with Crippen LogP contribution in [-0.4, -0.2) is 53.6 Å². The van der Waals surface area contributed by atoms with Crippen molar-refractivity contribution >= 4 is 5.91 Å². The number of amides is 1. The largest absolute Gasteiger partial charge is 0.322 e. The molecule has 4 saturated heterocycles. The van der Waals surface area contributed by atoms with Gasteiger partial charge in [-0.2, -0.15) is 0 Å². The Hall–Kier alpha value is -0.610. The van der Waals surface area contributed by atoms with Gasteiger partial charge in [0.2, 0.25) is 5.91 Å². The summed E-state index contributed by atoms with van der Waals surface area (Å²) in [5.41, 5.74) is 0. The fraction of sp³-hybridized carbons (Fsp3) is 0.933. The second-order valence-corrected chi connectivity index (χ2v) is 6.66. The molecule has 4 aliphatic rings. The van der Waals surface area contributed by atoms with E-state index in [1.54, 1.807) is 0 Å². The van der Waals surface area contributed by atoms with Crippen LogP contribution in [0.15, 0.2) is 0 Å². The minimum atomic E-state index is 0.0375. The van der Waals surface area contributed by atoms with E-state index >= 15 is 0 Å². The Labute approximate surface area is 116 Å². The van der Waals surface area contributed by atoms with E-state index in [1.165, 1.54) is 25.9 Å². The Balaban J connectivity index is 1.75. The van der Waals surface area contributed by atoms with Gasteiger partial charge in [0.15, 0.2) is 0 Å². The van der Waals surface area contributed by atoms with Gasteiger partial charge in [-0.05, 0) is 44.7 Å². The third-order valence-corrected chi connectivity index (χ3v) is 5.55. The molecule has 1 amide bonds. The first kappa shape index (κ1) is 13.4. The molecule has 4 fully saturated rings. The average Bonchev–Trinajstić information content (AvgIpc) is 2.74. The molecule has 0 aromatic rings. The average molecular weight is 265 g/mol. The first-order valence-electron chi connectivity index (χ1n) is 7.92. The van der Waals surface area contributed by atoms with Crippen molar-refractivity contribution in [3.63, 3.8) is 0 Å². The van der Waals surface area contributed by atoms with Crippen LogP contribution in [0.1, 0.15) is 40.0 Å². The van der Waals surface area contributed by atoms with Crippen molar-refractivity contribution in [1.82, 2.24) is 15.1 Å². The van der Waals surface area contributed by atoms with Crippen molar-refractivity contribution in [3.05, 3.63) is 0 Å². The summed E-state index contributed by atoms with van der Waals surface area (Å²) in [5, 5.41) is 3.52. The lowest BCUT2D eigenvalue weighted by atomic mass is 9.83. The van der Waals surface area contributed by atoms with Crippen molar-refractivity contribution < 1.29 is 4.79 Å². The summed E-state index contributed by atoms with van der Waals surface area (Å²) in [6.45, 7) is 10.1. The maximum atomic E-state index is 12.7. The van der Waals surface area contributed by atoms with Gasteiger partial charge >= 0.3 is 0 Å². The van der Waals surface area contributed by atoms with E-state index < -0.39 is 0 Å². The molecule has 4 nitrogen and oxygen atoms in total. The van der Waals surface area contributed by atoms with Crippen molar-refractivity contribution in [3.8, 4) is 0 Å². The molecule has 4 unspecified atom stereocenters. The summed E-state index contributed by atoms with van der Waals surface area (Å²) in [6.07, 6.45) is 3.81. The van der Waals surface area contributed by atoms with Crippen LogP contribution in [0.2, 0.25) is 0 Å². The third kappa shape index (κ3) is 2.19. The van der Waals surface area contributed by atoms with E-state index in [1.807, 2.05) is 0 Å². The molecule has 4 heteroatoms. The molecule has 1 N–H and O–H groups in total. The minimum Gasteiger partial charge on any atom is -0.322 e. The highest BCUT2D eigenvalue weighted by Crippen LogP contribution is 2.34. The molecular weight excluding hydrogens is 238 g/mol. The molecule has 0 aromatic carbocycles. The zero-order valence-corrected chi connectivity index (χ0v) is 12.4. The van der Waals surface area contributed by atoms with Crippen LogP contribution in [-0.2, 0) is 4.79 Å². The predicted octanol–water partition coefficient (Wildman–Crippen LogP) is 1.27. The Morgan fingerprint density at radius 1 is 1.37 bits per heavy atom. The Bertz CT molecular complexity index is 351. The standard InChI is InChI=1S/C15H27N3O/c1-4-10(2)14-15(19)18(11(3)16-14)13-9-17-7-5-12(13)6-8-17/h10-14,16H,4-9H2,1-3H3. The van der Waals surface area contributed by atoms with E-state index in [-0.39, 0.29) is 12.2 Å². The first-order chi connectivity index (χ1) is 9.11. The van der Waals surface area contributed by atoms with Crippen LogP contribution < -0.4 is 5.32 Å². The van der Waals surface area contributed by atoms with Gasteiger partial charge in [0.1, 0.15) is 0 Å². The van der Waals surface area contributed by atoms with Crippen LogP contribution in [0.5, 0.6) is 0 Å².